The molecule has 0 saturated heterocycles. The van der Waals surface area contributed by atoms with E-state index in [1.165, 1.54) is 53.3 Å². The van der Waals surface area contributed by atoms with Crippen LogP contribution in [0.1, 0.15) is 92.5 Å². The molecule has 0 unspecified atom stereocenters. The van der Waals surface area contributed by atoms with Crippen LogP contribution in [0.15, 0.2) is 88.2 Å². The van der Waals surface area contributed by atoms with E-state index in [0.717, 1.165) is 22.9 Å². The van der Waals surface area contributed by atoms with Crippen molar-refractivity contribution in [1.82, 2.24) is 0 Å². The van der Waals surface area contributed by atoms with Crippen molar-refractivity contribution in [3.05, 3.63) is 143 Å². The van der Waals surface area contributed by atoms with Crippen LogP contribution in [0.5, 0.6) is 0 Å². The summed E-state index contributed by atoms with van der Waals surface area (Å²) in [6.45, 7) is 18.8. The molecule has 46 heavy (non-hydrogen) atoms. The average molecular weight is 770 g/mol. The van der Waals surface area contributed by atoms with Gasteiger partial charge in [0.25, 0.3) is 0 Å². The van der Waals surface area contributed by atoms with Crippen molar-refractivity contribution in [3.63, 3.8) is 0 Å². The van der Waals surface area contributed by atoms with Crippen LogP contribution in [0.4, 0.5) is 0 Å². The summed E-state index contributed by atoms with van der Waals surface area (Å²) in [5.74, 6) is 0. The molecule has 0 amide bonds. The number of benzene rings is 4. The zero-order valence-electron chi connectivity index (χ0n) is 28.1. The Labute approximate surface area is 306 Å². The van der Waals surface area contributed by atoms with Gasteiger partial charge >= 0.3 is 284 Å². The molecule has 0 spiro atoms. The Kier molecular flexibility index (Phi) is 11.3. The first-order valence-electron chi connectivity index (χ1n) is 15.7. The first kappa shape index (κ1) is 37.1. The maximum Gasteiger partial charge on any atom is -0.147 e. The van der Waals surface area contributed by atoms with Crippen LogP contribution >= 0.6 is 48.0 Å². The molecule has 0 fully saturated rings. The van der Waals surface area contributed by atoms with Gasteiger partial charge in [-0.3, -0.25) is 0 Å². The molecule has 0 nitrogen and oxygen atoms in total. The van der Waals surface area contributed by atoms with E-state index in [1.807, 2.05) is 24.3 Å². The van der Waals surface area contributed by atoms with Crippen molar-refractivity contribution in [3.8, 4) is 11.1 Å². The minimum atomic E-state index is -2.85. The largest absolute Gasteiger partial charge is 0.147 e. The predicted molar refractivity (Wildman–Crippen MR) is 204 cm³/mol. The minimum absolute atomic E-state index is 0. The van der Waals surface area contributed by atoms with Crippen molar-refractivity contribution < 1.29 is 21.3 Å². The van der Waals surface area contributed by atoms with Crippen LogP contribution in [0.3, 0.4) is 0 Å². The Morgan fingerprint density at radius 2 is 1.22 bits per heavy atom. The van der Waals surface area contributed by atoms with Gasteiger partial charge in [-0.15, -0.1) is 24.8 Å². The Balaban J connectivity index is 0.00000240. The van der Waals surface area contributed by atoms with Crippen LogP contribution in [0.2, 0.25) is 10.0 Å². The summed E-state index contributed by atoms with van der Waals surface area (Å²) in [7, 11) is 0. The smallest absolute Gasteiger partial charge is 0.147 e. The predicted octanol–water partition coefficient (Wildman–Crippen LogP) is 12.0. The van der Waals surface area contributed by atoms with E-state index < -0.39 is 21.3 Å². The van der Waals surface area contributed by atoms with Crippen LogP contribution in [0, 0.1) is 13.8 Å². The maximum absolute atomic E-state index is 6.46. The molecular weight excluding hydrogens is 725 g/mol. The second-order valence-electron chi connectivity index (χ2n) is 14.5. The van der Waals surface area contributed by atoms with Gasteiger partial charge in [0.1, 0.15) is 0 Å². The molecule has 2 aliphatic rings. The molecule has 4 aromatic rings. The van der Waals surface area contributed by atoms with Gasteiger partial charge in [-0.1, -0.05) is 0 Å². The maximum atomic E-state index is 6.46. The number of hydrogen-bond acceptors (Lipinski definition) is 0. The van der Waals surface area contributed by atoms with E-state index in [2.05, 4.69) is 116 Å². The summed E-state index contributed by atoms with van der Waals surface area (Å²) in [4.78, 5) is 0. The Hall–Kier alpha value is -1.73. The van der Waals surface area contributed by atoms with E-state index >= 15 is 0 Å². The first-order chi connectivity index (χ1) is 20.7. The van der Waals surface area contributed by atoms with E-state index in [4.69, 9.17) is 23.2 Å². The second kappa shape index (κ2) is 14.0. The first-order valence-corrected chi connectivity index (χ1v) is 20.1. The van der Waals surface area contributed by atoms with Crippen molar-refractivity contribution in [1.29, 1.82) is 0 Å². The van der Waals surface area contributed by atoms with Gasteiger partial charge in [0.2, 0.25) is 0 Å². The standard InChI is InChI=1S/C23H29.C13H8Cl2.C5H5.2ClH.Zr/c1-14-9-16-11-17-10-15(2)21(23(6,7)8)13-19(17)18(16)12-20(14)22(3,4)5;14-12-5-1-10(2-6-12)9-11-3-7-13(15)8-4-11;1-2-4-5-3-1;;;/h9,12-13H,11H2,1-8H3;1-8H;1-3H,4H2;2*1H;. The second-order valence-corrected chi connectivity index (χ2v) is 21.3. The normalized spacial score (nSPS) is 13.4. The van der Waals surface area contributed by atoms with Gasteiger partial charge < -0.3 is 0 Å². The van der Waals surface area contributed by atoms with E-state index in [9.17, 15) is 0 Å². The monoisotopic (exact) mass is 766 g/mol. The molecule has 0 aliphatic heterocycles. The van der Waals surface area contributed by atoms with E-state index in [0.29, 0.717) is 0 Å². The minimum Gasteiger partial charge on any atom is -0.147 e. The summed E-state index contributed by atoms with van der Waals surface area (Å²) >= 11 is 10.1. The van der Waals surface area contributed by atoms with Gasteiger partial charge in [-0.2, -0.15) is 0 Å². The van der Waals surface area contributed by atoms with Gasteiger partial charge in [-0.05, 0) is 0 Å². The summed E-state index contributed by atoms with van der Waals surface area (Å²) in [6.07, 6.45) is 9.06. The summed E-state index contributed by atoms with van der Waals surface area (Å²) < 4.78 is 4.76. The fourth-order valence-electron chi connectivity index (χ4n) is 7.31. The fourth-order valence-corrected chi connectivity index (χ4v) is 16.0. The molecule has 0 N–H and O–H groups in total. The van der Waals surface area contributed by atoms with Crippen LogP contribution in [-0.2, 0) is 38.5 Å². The molecule has 5 heteroatoms. The van der Waals surface area contributed by atoms with Gasteiger partial charge in [0.15, 0.2) is 0 Å². The Morgan fingerprint density at radius 3 is 1.70 bits per heavy atom. The van der Waals surface area contributed by atoms with Crippen LogP contribution in [0.25, 0.3) is 11.1 Å². The van der Waals surface area contributed by atoms with Crippen molar-refractivity contribution in [2.75, 3.05) is 0 Å². The fraction of sp³-hybridized carbons (Fsp3) is 0.293. The Bertz CT molecular complexity index is 1830. The molecule has 0 atom stereocenters. The van der Waals surface area contributed by atoms with E-state index in [-0.39, 0.29) is 35.6 Å². The number of hydrogen-bond donors (Lipinski definition) is 0. The van der Waals surface area contributed by atoms with E-state index in [1.54, 1.807) is 12.1 Å². The van der Waals surface area contributed by atoms with Crippen LogP contribution < -0.4 is 3.27 Å². The number of fused-ring (bicyclic) bond motifs is 3. The summed E-state index contributed by atoms with van der Waals surface area (Å²) in [5, 5.41) is 1.53. The average Bonchev–Trinajstić information content (AvgIpc) is 3.59. The molecule has 2 aliphatic carbocycles. The molecule has 0 radical (unpaired) electrons. The van der Waals surface area contributed by atoms with Gasteiger partial charge in [0, 0.05) is 0 Å². The molecule has 4 aromatic carbocycles. The zero-order chi connectivity index (χ0) is 31.6. The molecule has 0 saturated carbocycles. The number of rotatable bonds is 4. The quantitative estimate of drug-likeness (QED) is 0.171. The summed E-state index contributed by atoms with van der Waals surface area (Å²) in [6, 6.07) is 24.6. The van der Waals surface area contributed by atoms with Crippen molar-refractivity contribution >= 4 is 54.5 Å². The topological polar surface area (TPSA) is 0 Å². The zero-order valence-corrected chi connectivity index (χ0v) is 33.7. The summed E-state index contributed by atoms with van der Waals surface area (Å²) in [5.41, 5.74) is 14.4. The molecule has 0 aromatic heterocycles. The number of halogens is 4. The SMILES string of the molecule is Cc1cc2c(cc1C(C)(C)C)-c1cc(C(C)(C)C)c(C)[c]([Zr]([C]3=CC=CC3)=[C](c3ccc(Cl)cc3)c3ccc(Cl)cc3)c1C2.Cl.Cl. The molecule has 0 bridgehead atoms. The Morgan fingerprint density at radius 1 is 0.696 bits per heavy atom. The number of allylic oxidation sites excluding steroid dienone is 4. The molecule has 0 heterocycles. The third-order valence-corrected chi connectivity index (χ3v) is 17.8. The van der Waals surface area contributed by atoms with Gasteiger partial charge in [-0.25, -0.2) is 0 Å². The van der Waals surface area contributed by atoms with Crippen molar-refractivity contribution in [2.24, 2.45) is 0 Å². The third-order valence-electron chi connectivity index (χ3n) is 9.28. The third kappa shape index (κ3) is 7.02. The van der Waals surface area contributed by atoms with Gasteiger partial charge in [0.05, 0.1) is 0 Å². The van der Waals surface area contributed by atoms with Crippen LogP contribution in [-0.4, -0.2) is 3.21 Å². The van der Waals surface area contributed by atoms with Crippen molar-refractivity contribution in [2.45, 2.75) is 79.1 Å². The molecular formula is C41H44Cl4Zr. The molecule has 6 rings (SSSR count). The number of aryl methyl sites for hydroxylation is 1. The molecule has 240 valence electrons.